The van der Waals surface area contributed by atoms with E-state index in [0.29, 0.717) is 0 Å². The molecule has 0 amide bonds. The number of benzene rings is 3. The van der Waals surface area contributed by atoms with Gasteiger partial charge in [0, 0.05) is 0 Å². The van der Waals surface area contributed by atoms with Crippen LogP contribution < -0.4 is 24.8 Å². The van der Waals surface area contributed by atoms with E-state index in [1.54, 1.807) is 0 Å². The van der Waals surface area contributed by atoms with Crippen LogP contribution in [0, 0.1) is 6.08 Å². The zero-order chi connectivity index (χ0) is 18.9. The molecule has 0 saturated carbocycles. The fourth-order valence-electron chi connectivity index (χ4n) is 2.93. The normalized spacial score (nSPS) is 10.9. The fraction of sp³-hybridized carbons (Fsp3) is 0.0769. The predicted molar refractivity (Wildman–Crippen MR) is 115 cm³/mol. The van der Waals surface area contributed by atoms with Crippen molar-refractivity contribution >= 4 is 25.4 Å². The summed E-state index contributed by atoms with van der Waals surface area (Å²) in [6, 6.07) is 29.7. The number of rotatable bonds is 1. The molecule has 0 aliphatic heterocycles. The van der Waals surface area contributed by atoms with Crippen molar-refractivity contribution in [1.82, 2.24) is 0 Å². The molecule has 0 spiro atoms. The molecule has 0 atom stereocenters. The number of allylic oxidation sites excluding steroid dienone is 4. The van der Waals surface area contributed by atoms with Crippen molar-refractivity contribution in [3.05, 3.63) is 115 Å². The van der Waals surface area contributed by atoms with Crippen LogP contribution in [-0.2, 0) is 20.0 Å². The van der Waals surface area contributed by atoms with Crippen molar-refractivity contribution in [1.29, 1.82) is 0 Å². The first-order valence-electron chi connectivity index (χ1n) is 9.11. The maximum atomic E-state index is 2.99. The van der Waals surface area contributed by atoms with E-state index >= 15 is 0 Å². The standard InChI is InChI=1S/C13H9.C8H8.C5H5.2ClH.Ti/c1-3-7-12-10(5-1)9-11-6-2-4-8-13(11)12;1-2-8-6-4-3-5-7-8;1-2-4-5-3-1;;;/h1-9H;3-7H,1H3;1-3H,4H2;2*1H;/q-1;;-1;;;+2/p-2. The van der Waals surface area contributed by atoms with Gasteiger partial charge in [-0.05, 0) is 0 Å². The first-order valence-corrected chi connectivity index (χ1v) is 9.89. The Kier molecular flexibility index (Phi) is 11.7. The maximum absolute atomic E-state index is 2.99. The molecule has 4 aromatic carbocycles. The van der Waals surface area contributed by atoms with Gasteiger partial charge in [0.15, 0.2) is 0 Å². The van der Waals surface area contributed by atoms with E-state index in [1.165, 1.54) is 30.9 Å². The molecule has 0 aromatic heterocycles. The minimum atomic E-state index is 0. The van der Waals surface area contributed by atoms with Gasteiger partial charge >= 0.3 is 66.6 Å². The van der Waals surface area contributed by atoms with E-state index in [9.17, 15) is 0 Å². The average Bonchev–Trinajstić information content (AvgIpc) is 3.41. The third kappa shape index (κ3) is 7.50. The topological polar surface area (TPSA) is 0 Å². The molecule has 0 nitrogen and oxygen atoms in total. The Balaban J connectivity index is 0.000000231. The van der Waals surface area contributed by atoms with Gasteiger partial charge < -0.3 is 24.8 Å². The molecule has 146 valence electrons. The predicted octanol–water partition coefficient (Wildman–Crippen LogP) is 0.799. The molecule has 29 heavy (non-hydrogen) atoms. The van der Waals surface area contributed by atoms with Crippen molar-refractivity contribution in [2.75, 3.05) is 0 Å². The smallest absolute Gasteiger partial charge is 0.0771 e. The quantitative estimate of drug-likeness (QED) is 0.296. The van der Waals surface area contributed by atoms with Crippen molar-refractivity contribution in [3.63, 3.8) is 0 Å². The van der Waals surface area contributed by atoms with Gasteiger partial charge in [-0.2, -0.15) is 6.08 Å². The summed E-state index contributed by atoms with van der Waals surface area (Å²) in [7, 11) is 0. The Hall–Kier alpha value is -1.83. The molecule has 1 aliphatic carbocycles. The molecular weight excluding hydrogens is 431 g/mol. The van der Waals surface area contributed by atoms with Crippen LogP contribution >= 0.6 is 0 Å². The van der Waals surface area contributed by atoms with Crippen molar-refractivity contribution in [2.24, 2.45) is 0 Å². The molecule has 1 aliphatic rings. The first kappa shape index (κ1) is 25.2. The minimum absolute atomic E-state index is 0. The Morgan fingerprint density at radius 3 is 1.69 bits per heavy atom. The van der Waals surface area contributed by atoms with E-state index in [4.69, 9.17) is 0 Å². The molecule has 0 N–H and O–H groups in total. The SMILES string of the molecule is C[C](=[Ti+2])c1ccccc1.[C-]1=CC=CC1.[Cl-].[Cl-].c1ccc2c(c1)[cH-]c1ccccc12. The van der Waals surface area contributed by atoms with Crippen LogP contribution in [0.3, 0.4) is 0 Å². The molecule has 0 unspecified atom stereocenters. The van der Waals surface area contributed by atoms with E-state index in [1.807, 2.05) is 18.2 Å². The minimum Gasteiger partial charge on any atom is -1.00 e. The average molecular weight is 453 g/mol. The Labute approximate surface area is 197 Å². The molecule has 0 heterocycles. The number of halogens is 2. The van der Waals surface area contributed by atoms with E-state index in [0.717, 1.165) is 6.42 Å². The molecule has 5 rings (SSSR count). The molecular formula is C26H22Cl2Ti-2. The van der Waals surface area contributed by atoms with Crippen molar-refractivity contribution < 1.29 is 44.8 Å². The number of hydrogen-bond acceptors (Lipinski definition) is 0. The zero-order valence-electron chi connectivity index (χ0n) is 16.3. The monoisotopic (exact) mass is 452 g/mol. The summed E-state index contributed by atoms with van der Waals surface area (Å²) in [6.45, 7) is 2.12. The summed E-state index contributed by atoms with van der Waals surface area (Å²) in [5.74, 6) is 0. The molecule has 0 saturated heterocycles. The van der Waals surface area contributed by atoms with Gasteiger partial charge in [-0.3, -0.25) is 6.08 Å². The Bertz CT molecular complexity index is 1020. The van der Waals surface area contributed by atoms with Gasteiger partial charge in [0.25, 0.3) is 0 Å². The molecule has 0 radical (unpaired) electrons. The van der Waals surface area contributed by atoms with Crippen molar-refractivity contribution in [2.45, 2.75) is 13.3 Å². The summed E-state index contributed by atoms with van der Waals surface area (Å²) in [5, 5.41) is 5.39. The van der Waals surface area contributed by atoms with E-state index in [2.05, 4.69) is 118 Å². The van der Waals surface area contributed by atoms with Gasteiger partial charge in [-0.15, -0.1) is 46.2 Å². The summed E-state index contributed by atoms with van der Waals surface area (Å²) in [5.41, 5.74) is 1.33. The molecule has 4 aromatic rings. The van der Waals surface area contributed by atoms with Crippen LogP contribution in [0.15, 0.2) is 103 Å². The molecule has 0 fully saturated rings. The summed E-state index contributed by atoms with van der Waals surface area (Å²) < 4.78 is 1.37. The van der Waals surface area contributed by atoms with Gasteiger partial charge in [-0.1, -0.05) is 36.4 Å². The van der Waals surface area contributed by atoms with Crippen molar-refractivity contribution in [3.8, 4) is 0 Å². The third-order valence-electron chi connectivity index (χ3n) is 4.32. The van der Waals surface area contributed by atoms with Gasteiger partial charge in [-0.25, -0.2) is 12.2 Å². The van der Waals surface area contributed by atoms with Gasteiger partial charge in [0.05, 0.1) is 0 Å². The number of hydrogen-bond donors (Lipinski definition) is 0. The molecule has 3 heteroatoms. The fourth-order valence-corrected chi connectivity index (χ4v) is 3.19. The zero-order valence-corrected chi connectivity index (χ0v) is 19.4. The van der Waals surface area contributed by atoms with Crippen LogP contribution in [0.5, 0.6) is 0 Å². The van der Waals surface area contributed by atoms with E-state index < -0.39 is 0 Å². The van der Waals surface area contributed by atoms with Crippen LogP contribution in [0.25, 0.3) is 21.5 Å². The summed E-state index contributed by atoms with van der Waals surface area (Å²) >= 11 is 2.12. The van der Waals surface area contributed by atoms with Crippen LogP contribution in [0.1, 0.15) is 18.9 Å². The first-order chi connectivity index (χ1) is 13.3. The van der Waals surface area contributed by atoms with Crippen LogP contribution in [-0.4, -0.2) is 3.81 Å². The summed E-state index contributed by atoms with van der Waals surface area (Å²) in [6.07, 6.45) is 10.0. The number of fused-ring (bicyclic) bond motifs is 3. The summed E-state index contributed by atoms with van der Waals surface area (Å²) in [4.78, 5) is 0. The second kappa shape index (κ2) is 13.4. The Morgan fingerprint density at radius 2 is 1.31 bits per heavy atom. The Morgan fingerprint density at radius 1 is 0.793 bits per heavy atom. The second-order valence-electron chi connectivity index (χ2n) is 6.31. The maximum Gasteiger partial charge on any atom is -0.0771 e. The van der Waals surface area contributed by atoms with Crippen LogP contribution in [0.4, 0.5) is 0 Å². The van der Waals surface area contributed by atoms with Gasteiger partial charge in [0.2, 0.25) is 0 Å². The van der Waals surface area contributed by atoms with Crippen LogP contribution in [0.2, 0.25) is 0 Å². The second-order valence-corrected chi connectivity index (χ2v) is 7.48. The van der Waals surface area contributed by atoms with E-state index in [-0.39, 0.29) is 24.8 Å². The third-order valence-corrected chi connectivity index (χ3v) is 4.77. The van der Waals surface area contributed by atoms with Gasteiger partial charge in [0.1, 0.15) is 0 Å². The largest absolute Gasteiger partial charge is 1.00 e. The molecule has 0 bridgehead atoms.